The van der Waals surface area contributed by atoms with Crippen LogP contribution in [0.4, 0.5) is 11.6 Å². The molecular weight excluding hydrogens is 260 g/mol. The van der Waals surface area contributed by atoms with E-state index in [4.69, 9.17) is 0 Å². The lowest BCUT2D eigenvalue weighted by Gasteiger charge is -2.37. The molecule has 0 bridgehead atoms. The summed E-state index contributed by atoms with van der Waals surface area (Å²) in [4.78, 5) is 8.83. The Morgan fingerprint density at radius 3 is 2.53 bits per heavy atom. The van der Waals surface area contributed by atoms with Crippen molar-refractivity contribution in [2.75, 3.05) is 30.5 Å². The van der Waals surface area contributed by atoms with Crippen molar-refractivity contribution < 1.29 is 5.11 Å². The predicted octanol–water partition coefficient (Wildman–Crippen LogP) is 2.35. The van der Waals surface area contributed by atoms with E-state index < -0.39 is 0 Å². The molecule has 106 valence electrons. The van der Waals surface area contributed by atoms with Gasteiger partial charge in [-0.1, -0.05) is 31.0 Å². The standard InChI is InChI=1S/C13H22N4OS/c1-14-10-8-11(16-12(15-10)19-2)17-13(9-18)6-4-3-5-7-13/h8,18H,3-7,9H2,1-2H3,(H2,14,15,16,17). The lowest BCUT2D eigenvalue weighted by Crippen LogP contribution is -2.44. The van der Waals surface area contributed by atoms with Crippen molar-refractivity contribution in [3.63, 3.8) is 0 Å². The van der Waals surface area contributed by atoms with Crippen LogP contribution in [0, 0.1) is 0 Å². The summed E-state index contributed by atoms with van der Waals surface area (Å²) in [6.07, 6.45) is 7.53. The van der Waals surface area contributed by atoms with Crippen molar-refractivity contribution in [3.05, 3.63) is 6.07 Å². The highest BCUT2D eigenvalue weighted by Gasteiger charge is 2.31. The molecule has 0 radical (unpaired) electrons. The highest BCUT2D eigenvalue weighted by molar-refractivity contribution is 7.98. The lowest BCUT2D eigenvalue weighted by molar-refractivity contribution is 0.172. The van der Waals surface area contributed by atoms with E-state index >= 15 is 0 Å². The molecule has 0 spiro atoms. The summed E-state index contributed by atoms with van der Waals surface area (Å²) in [6.45, 7) is 0.153. The van der Waals surface area contributed by atoms with Crippen molar-refractivity contribution in [1.82, 2.24) is 9.97 Å². The monoisotopic (exact) mass is 282 g/mol. The Morgan fingerprint density at radius 1 is 1.26 bits per heavy atom. The quantitative estimate of drug-likeness (QED) is 0.569. The summed E-state index contributed by atoms with van der Waals surface area (Å²) >= 11 is 1.52. The number of nitrogens with zero attached hydrogens (tertiary/aromatic N) is 2. The maximum atomic E-state index is 9.73. The maximum absolute atomic E-state index is 9.73. The molecule has 1 aromatic rings. The minimum atomic E-state index is -0.215. The Hall–Kier alpha value is -1.01. The van der Waals surface area contributed by atoms with Crippen LogP contribution in [0.1, 0.15) is 32.1 Å². The van der Waals surface area contributed by atoms with Crippen LogP contribution in [0.2, 0.25) is 0 Å². The number of aromatic nitrogens is 2. The van der Waals surface area contributed by atoms with Crippen molar-refractivity contribution >= 4 is 23.4 Å². The third-order valence-corrected chi connectivity index (χ3v) is 4.20. The number of nitrogens with one attached hydrogen (secondary N) is 2. The Morgan fingerprint density at radius 2 is 1.95 bits per heavy atom. The molecule has 1 saturated carbocycles. The Bertz CT molecular complexity index is 399. The first-order chi connectivity index (χ1) is 9.21. The fraction of sp³-hybridized carbons (Fsp3) is 0.692. The van der Waals surface area contributed by atoms with Crippen LogP contribution in [0.3, 0.4) is 0 Å². The lowest BCUT2D eigenvalue weighted by atomic mass is 9.82. The highest BCUT2D eigenvalue weighted by atomic mass is 32.2. The average molecular weight is 282 g/mol. The molecule has 1 fully saturated rings. The molecule has 0 atom stereocenters. The summed E-state index contributed by atoms with van der Waals surface area (Å²) < 4.78 is 0. The van der Waals surface area contributed by atoms with Crippen LogP contribution < -0.4 is 10.6 Å². The van der Waals surface area contributed by atoms with E-state index in [0.29, 0.717) is 0 Å². The van der Waals surface area contributed by atoms with Gasteiger partial charge in [0.15, 0.2) is 5.16 Å². The number of hydrogen-bond donors (Lipinski definition) is 3. The SMILES string of the molecule is CNc1cc(NC2(CO)CCCCC2)nc(SC)n1. The molecule has 2 rings (SSSR count). The van der Waals surface area contributed by atoms with Gasteiger partial charge in [0, 0.05) is 13.1 Å². The molecular formula is C13H22N4OS. The van der Waals surface area contributed by atoms with E-state index in [9.17, 15) is 5.11 Å². The van der Waals surface area contributed by atoms with Gasteiger partial charge in [-0.3, -0.25) is 0 Å². The van der Waals surface area contributed by atoms with Crippen LogP contribution in [0.5, 0.6) is 0 Å². The van der Waals surface area contributed by atoms with Gasteiger partial charge in [-0.25, -0.2) is 9.97 Å². The first kappa shape index (κ1) is 14.4. The summed E-state index contributed by atoms with van der Waals surface area (Å²) in [5, 5.41) is 16.9. The highest BCUT2D eigenvalue weighted by Crippen LogP contribution is 2.31. The molecule has 3 N–H and O–H groups in total. The molecule has 0 amide bonds. The van der Waals surface area contributed by atoms with Gasteiger partial charge in [0.1, 0.15) is 11.6 Å². The largest absolute Gasteiger partial charge is 0.394 e. The number of hydrogen-bond acceptors (Lipinski definition) is 6. The normalized spacial score (nSPS) is 18.1. The Balaban J connectivity index is 2.20. The van der Waals surface area contributed by atoms with Crippen LogP contribution in [-0.2, 0) is 0 Å². The third kappa shape index (κ3) is 3.51. The van der Waals surface area contributed by atoms with Gasteiger partial charge >= 0.3 is 0 Å². The zero-order valence-corrected chi connectivity index (χ0v) is 12.4. The Labute approximate surface area is 118 Å². The van der Waals surface area contributed by atoms with E-state index in [1.54, 1.807) is 0 Å². The molecule has 0 unspecified atom stereocenters. The van der Waals surface area contributed by atoms with Crippen LogP contribution in [-0.4, -0.2) is 40.5 Å². The van der Waals surface area contributed by atoms with E-state index in [2.05, 4.69) is 20.6 Å². The van der Waals surface area contributed by atoms with Crippen molar-refractivity contribution in [2.45, 2.75) is 42.8 Å². The molecule has 0 aromatic carbocycles. The van der Waals surface area contributed by atoms with Crippen LogP contribution in [0.15, 0.2) is 11.2 Å². The van der Waals surface area contributed by atoms with E-state index in [1.165, 1.54) is 18.2 Å². The number of aliphatic hydroxyl groups is 1. The van der Waals surface area contributed by atoms with Crippen molar-refractivity contribution in [2.24, 2.45) is 0 Å². The number of anilines is 2. The number of rotatable bonds is 5. The summed E-state index contributed by atoms with van der Waals surface area (Å²) in [7, 11) is 1.85. The molecule has 1 aromatic heterocycles. The average Bonchev–Trinajstić information content (AvgIpc) is 2.47. The van der Waals surface area contributed by atoms with Gasteiger partial charge in [-0.2, -0.15) is 0 Å². The minimum Gasteiger partial charge on any atom is -0.394 e. The second-order valence-electron chi connectivity index (χ2n) is 5.00. The minimum absolute atomic E-state index is 0.153. The molecule has 19 heavy (non-hydrogen) atoms. The zero-order chi connectivity index (χ0) is 13.7. The molecule has 5 nitrogen and oxygen atoms in total. The third-order valence-electron chi connectivity index (χ3n) is 3.65. The smallest absolute Gasteiger partial charge is 0.191 e. The van der Waals surface area contributed by atoms with Gasteiger partial charge in [-0.05, 0) is 19.1 Å². The molecule has 1 aliphatic rings. The topological polar surface area (TPSA) is 70.1 Å². The van der Waals surface area contributed by atoms with Gasteiger partial charge in [0.05, 0.1) is 12.1 Å². The first-order valence-corrected chi connectivity index (χ1v) is 7.94. The molecule has 6 heteroatoms. The zero-order valence-electron chi connectivity index (χ0n) is 11.6. The van der Waals surface area contributed by atoms with Crippen LogP contribution >= 0.6 is 11.8 Å². The number of thioether (sulfide) groups is 1. The van der Waals surface area contributed by atoms with Gasteiger partial charge in [0.25, 0.3) is 0 Å². The van der Waals surface area contributed by atoms with Gasteiger partial charge < -0.3 is 15.7 Å². The molecule has 1 heterocycles. The predicted molar refractivity (Wildman–Crippen MR) is 79.9 cm³/mol. The Kier molecular flexibility index (Phi) is 4.87. The fourth-order valence-corrected chi connectivity index (χ4v) is 2.91. The molecule has 0 aliphatic heterocycles. The second-order valence-corrected chi connectivity index (χ2v) is 5.77. The van der Waals surface area contributed by atoms with E-state index in [-0.39, 0.29) is 12.1 Å². The van der Waals surface area contributed by atoms with Crippen molar-refractivity contribution in [1.29, 1.82) is 0 Å². The first-order valence-electron chi connectivity index (χ1n) is 6.71. The fourth-order valence-electron chi connectivity index (χ4n) is 2.53. The molecule has 0 saturated heterocycles. The van der Waals surface area contributed by atoms with Gasteiger partial charge in [0.2, 0.25) is 0 Å². The second kappa shape index (κ2) is 6.43. The summed E-state index contributed by atoms with van der Waals surface area (Å²) in [6, 6.07) is 1.89. The number of aliphatic hydroxyl groups excluding tert-OH is 1. The van der Waals surface area contributed by atoms with Crippen LogP contribution in [0.25, 0.3) is 0 Å². The van der Waals surface area contributed by atoms with E-state index in [0.717, 1.165) is 42.5 Å². The maximum Gasteiger partial charge on any atom is 0.191 e. The van der Waals surface area contributed by atoms with E-state index in [1.807, 2.05) is 19.4 Å². The van der Waals surface area contributed by atoms with Gasteiger partial charge in [-0.15, -0.1) is 0 Å². The summed E-state index contributed by atoms with van der Waals surface area (Å²) in [5.74, 6) is 1.59. The summed E-state index contributed by atoms with van der Waals surface area (Å²) in [5.41, 5.74) is -0.215. The molecule has 1 aliphatic carbocycles. The van der Waals surface area contributed by atoms with Crippen molar-refractivity contribution in [3.8, 4) is 0 Å².